The van der Waals surface area contributed by atoms with Crippen LogP contribution >= 0.6 is 0 Å². The minimum atomic E-state index is -0.458. The van der Waals surface area contributed by atoms with E-state index >= 15 is 0 Å². The topological polar surface area (TPSA) is 84.2 Å². The molecule has 23 heavy (non-hydrogen) atoms. The Morgan fingerprint density at radius 1 is 1.00 bits per heavy atom. The van der Waals surface area contributed by atoms with Crippen molar-refractivity contribution in [3.8, 4) is 0 Å². The fourth-order valence-electron chi connectivity index (χ4n) is 2.02. The summed E-state index contributed by atoms with van der Waals surface area (Å²) in [5.41, 5.74) is 7.89. The van der Waals surface area contributed by atoms with Crippen LogP contribution in [0.3, 0.4) is 0 Å². The van der Waals surface area contributed by atoms with E-state index in [4.69, 9.17) is 5.73 Å². The highest BCUT2D eigenvalue weighted by molar-refractivity contribution is 5.95. The zero-order valence-electron chi connectivity index (χ0n) is 13.3. The van der Waals surface area contributed by atoms with Crippen LogP contribution in [-0.4, -0.2) is 18.4 Å². The number of hydrogen-bond acceptors (Lipinski definition) is 3. The Bertz CT molecular complexity index is 694. The molecule has 0 saturated carbocycles. The molecule has 0 aliphatic rings. The van der Waals surface area contributed by atoms with Crippen molar-refractivity contribution in [2.24, 2.45) is 11.7 Å². The molecule has 2 aromatic rings. The molecule has 5 nitrogen and oxygen atoms in total. The normalized spacial score (nSPS) is 10.4. The molecular formula is C18H21N3O2. The number of hydrogen-bond donors (Lipinski definition) is 3. The lowest BCUT2D eigenvalue weighted by Crippen LogP contribution is -2.27. The maximum Gasteiger partial charge on any atom is 0.251 e. The lowest BCUT2D eigenvalue weighted by molar-refractivity contribution is 0.0948. The molecule has 0 heterocycles. The first-order valence-corrected chi connectivity index (χ1v) is 7.51. The Morgan fingerprint density at radius 2 is 1.70 bits per heavy atom. The molecule has 120 valence electrons. The van der Waals surface area contributed by atoms with Gasteiger partial charge in [0.15, 0.2) is 0 Å². The first kappa shape index (κ1) is 16.5. The summed E-state index contributed by atoms with van der Waals surface area (Å²) in [5, 5.41) is 6.09. The molecule has 0 radical (unpaired) electrons. The number of nitrogens with one attached hydrogen (secondary N) is 2. The van der Waals surface area contributed by atoms with Gasteiger partial charge in [0.2, 0.25) is 5.91 Å². The van der Waals surface area contributed by atoms with Crippen molar-refractivity contribution in [2.45, 2.75) is 13.8 Å². The minimum Gasteiger partial charge on any atom is -0.366 e. The minimum absolute atomic E-state index is 0.0913. The fraction of sp³-hybridized carbons (Fsp3) is 0.222. The highest BCUT2D eigenvalue weighted by Crippen LogP contribution is 2.18. The van der Waals surface area contributed by atoms with Gasteiger partial charge in [-0.05, 0) is 48.4 Å². The van der Waals surface area contributed by atoms with Gasteiger partial charge in [-0.3, -0.25) is 9.59 Å². The Morgan fingerprint density at radius 3 is 2.30 bits per heavy atom. The van der Waals surface area contributed by atoms with E-state index in [-0.39, 0.29) is 5.91 Å². The van der Waals surface area contributed by atoms with Crippen LogP contribution < -0.4 is 16.4 Å². The predicted molar refractivity (Wildman–Crippen MR) is 91.9 cm³/mol. The number of rotatable bonds is 6. The lowest BCUT2D eigenvalue weighted by Gasteiger charge is -2.10. The number of carbonyl (C=O) groups is 2. The van der Waals surface area contributed by atoms with Gasteiger partial charge in [-0.1, -0.05) is 19.9 Å². The number of benzene rings is 2. The highest BCUT2D eigenvalue weighted by atomic mass is 16.2. The summed E-state index contributed by atoms with van der Waals surface area (Å²) in [6, 6.07) is 14.1. The maximum absolute atomic E-state index is 12.1. The van der Waals surface area contributed by atoms with Gasteiger partial charge in [0.1, 0.15) is 0 Å². The van der Waals surface area contributed by atoms with E-state index in [0.29, 0.717) is 23.6 Å². The van der Waals surface area contributed by atoms with E-state index in [1.165, 1.54) is 0 Å². The van der Waals surface area contributed by atoms with E-state index in [9.17, 15) is 9.59 Å². The van der Waals surface area contributed by atoms with Gasteiger partial charge >= 0.3 is 0 Å². The van der Waals surface area contributed by atoms with Crippen molar-refractivity contribution in [3.05, 3.63) is 59.7 Å². The van der Waals surface area contributed by atoms with Crippen molar-refractivity contribution in [2.75, 3.05) is 11.9 Å². The number of anilines is 2. The summed E-state index contributed by atoms with van der Waals surface area (Å²) in [7, 11) is 0. The van der Waals surface area contributed by atoms with Gasteiger partial charge in [-0.2, -0.15) is 0 Å². The first-order valence-electron chi connectivity index (χ1n) is 7.51. The van der Waals surface area contributed by atoms with Crippen LogP contribution in [0, 0.1) is 5.92 Å². The SMILES string of the molecule is CC(C)CNC(=O)c1cccc(Nc2ccc(C(N)=O)cc2)c1. The fourth-order valence-corrected chi connectivity index (χ4v) is 2.02. The molecule has 0 saturated heterocycles. The molecule has 0 atom stereocenters. The van der Waals surface area contributed by atoms with Gasteiger partial charge < -0.3 is 16.4 Å². The Balaban J connectivity index is 2.07. The van der Waals surface area contributed by atoms with Crippen LogP contribution in [-0.2, 0) is 0 Å². The van der Waals surface area contributed by atoms with Gasteiger partial charge in [0.25, 0.3) is 5.91 Å². The second-order valence-electron chi connectivity index (χ2n) is 5.75. The summed E-state index contributed by atoms with van der Waals surface area (Å²) < 4.78 is 0. The van der Waals surface area contributed by atoms with Gasteiger partial charge in [0, 0.05) is 29.0 Å². The summed E-state index contributed by atoms with van der Waals surface area (Å²) in [4.78, 5) is 23.1. The second kappa shape index (κ2) is 7.45. The number of carbonyl (C=O) groups excluding carboxylic acids is 2. The number of amides is 2. The number of primary amides is 1. The molecule has 2 rings (SSSR count). The van der Waals surface area contributed by atoms with Crippen molar-refractivity contribution in [1.82, 2.24) is 5.32 Å². The third kappa shape index (κ3) is 4.85. The Labute approximate surface area is 135 Å². The molecule has 0 fully saturated rings. The van der Waals surface area contributed by atoms with E-state index < -0.39 is 5.91 Å². The molecule has 2 aromatic carbocycles. The summed E-state index contributed by atoms with van der Waals surface area (Å²) in [5.74, 6) is -0.143. The highest BCUT2D eigenvalue weighted by Gasteiger charge is 2.07. The first-order chi connectivity index (χ1) is 11.0. The summed E-state index contributed by atoms with van der Waals surface area (Å²) in [6.45, 7) is 4.74. The molecule has 0 aliphatic carbocycles. The zero-order chi connectivity index (χ0) is 16.8. The van der Waals surface area contributed by atoms with Crippen molar-refractivity contribution in [1.29, 1.82) is 0 Å². The van der Waals surface area contributed by atoms with E-state index in [1.807, 2.05) is 26.0 Å². The molecule has 0 unspecified atom stereocenters. The van der Waals surface area contributed by atoms with Crippen molar-refractivity contribution >= 4 is 23.2 Å². The predicted octanol–water partition coefficient (Wildman–Crippen LogP) is 2.91. The summed E-state index contributed by atoms with van der Waals surface area (Å²) >= 11 is 0. The van der Waals surface area contributed by atoms with Crippen molar-refractivity contribution in [3.63, 3.8) is 0 Å². The average Bonchev–Trinajstić information content (AvgIpc) is 2.53. The second-order valence-corrected chi connectivity index (χ2v) is 5.75. The molecular weight excluding hydrogens is 290 g/mol. The van der Waals surface area contributed by atoms with Gasteiger partial charge in [-0.25, -0.2) is 0 Å². The van der Waals surface area contributed by atoms with E-state index in [0.717, 1.165) is 11.4 Å². The standard InChI is InChI=1S/C18H21N3O2/c1-12(2)11-20-18(23)14-4-3-5-16(10-14)21-15-8-6-13(7-9-15)17(19)22/h3-10,12,21H,11H2,1-2H3,(H2,19,22)(H,20,23). The van der Waals surface area contributed by atoms with Crippen LogP contribution in [0.25, 0.3) is 0 Å². The molecule has 0 aromatic heterocycles. The average molecular weight is 311 g/mol. The Hall–Kier alpha value is -2.82. The molecule has 2 amide bonds. The molecule has 4 N–H and O–H groups in total. The summed E-state index contributed by atoms with van der Waals surface area (Å²) in [6.07, 6.45) is 0. The molecule has 5 heteroatoms. The van der Waals surface area contributed by atoms with Gasteiger partial charge in [-0.15, -0.1) is 0 Å². The zero-order valence-corrected chi connectivity index (χ0v) is 13.3. The van der Waals surface area contributed by atoms with Crippen LogP contribution in [0.4, 0.5) is 11.4 Å². The van der Waals surface area contributed by atoms with E-state index in [1.54, 1.807) is 36.4 Å². The largest absolute Gasteiger partial charge is 0.366 e. The lowest BCUT2D eigenvalue weighted by atomic mass is 10.1. The monoisotopic (exact) mass is 311 g/mol. The van der Waals surface area contributed by atoms with Crippen LogP contribution in [0.2, 0.25) is 0 Å². The van der Waals surface area contributed by atoms with Crippen LogP contribution in [0.5, 0.6) is 0 Å². The third-order valence-electron chi connectivity index (χ3n) is 3.25. The van der Waals surface area contributed by atoms with E-state index in [2.05, 4.69) is 10.6 Å². The smallest absolute Gasteiger partial charge is 0.251 e. The molecule has 0 bridgehead atoms. The van der Waals surface area contributed by atoms with Crippen LogP contribution in [0.15, 0.2) is 48.5 Å². The molecule has 0 aliphatic heterocycles. The Kier molecular flexibility index (Phi) is 5.36. The molecule has 0 spiro atoms. The van der Waals surface area contributed by atoms with Gasteiger partial charge in [0.05, 0.1) is 0 Å². The third-order valence-corrected chi connectivity index (χ3v) is 3.25. The maximum atomic E-state index is 12.1. The quantitative estimate of drug-likeness (QED) is 0.767. The van der Waals surface area contributed by atoms with Crippen LogP contribution in [0.1, 0.15) is 34.6 Å². The van der Waals surface area contributed by atoms with Crippen molar-refractivity contribution < 1.29 is 9.59 Å². The number of nitrogens with two attached hydrogens (primary N) is 1.